The molecule has 3 unspecified atom stereocenters. The molecule has 404 valence electrons. The standard InChI is InChI=1S/C58H101O11P/c1-4-7-10-13-16-19-22-25-27-30-33-36-39-42-45-48-57(61)68-54(50-59)52-66-70(63,64)67-53-55(51-65-56(60)47-44-41-38-35-32-29-24-21-18-15-12-9-6-3)69-58(62)49-46-43-40-37-34-31-28-26-23-20-17-14-11-8-5-2/h9,12,18,21,25-29,32,38,41,54-55,59H,4-8,10-11,13-17,19-20,22-24,30-31,33-37,39-40,42-53H2,1-3H3,(H,63,64)/b12-9-,21-18-,27-25-,28-26-,32-29-,41-38-. The number of carbonyl (C=O) groups is 3. The third-order valence-corrected chi connectivity index (χ3v) is 12.5. The van der Waals surface area contributed by atoms with E-state index in [1.165, 1.54) is 77.0 Å². The summed E-state index contributed by atoms with van der Waals surface area (Å²) >= 11 is 0. The molecule has 0 saturated heterocycles. The van der Waals surface area contributed by atoms with Gasteiger partial charge in [-0.3, -0.25) is 23.4 Å². The van der Waals surface area contributed by atoms with Crippen LogP contribution in [0.15, 0.2) is 72.9 Å². The fourth-order valence-electron chi connectivity index (χ4n) is 7.36. The van der Waals surface area contributed by atoms with Gasteiger partial charge in [0.1, 0.15) is 12.7 Å². The molecule has 0 bridgehead atoms. The summed E-state index contributed by atoms with van der Waals surface area (Å²) in [4.78, 5) is 48.4. The molecule has 12 heteroatoms. The van der Waals surface area contributed by atoms with Gasteiger partial charge in [0.25, 0.3) is 0 Å². The molecule has 0 aliphatic carbocycles. The van der Waals surface area contributed by atoms with Crippen LogP contribution in [-0.2, 0) is 42.2 Å². The van der Waals surface area contributed by atoms with Crippen LogP contribution in [0, 0.1) is 0 Å². The highest BCUT2D eigenvalue weighted by Gasteiger charge is 2.28. The number of hydrogen-bond acceptors (Lipinski definition) is 10. The number of aliphatic hydroxyl groups is 1. The van der Waals surface area contributed by atoms with Crippen LogP contribution in [0.25, 0.3) is 0 Å². The van der Waals surface area contributed by atoms with Crippen LogP contribution in [0.2, 0.25) is 0 Å². The zero-order chi connectivity index (χ0) is 51.3. The molecule has 70 heavy (non-hydrogen) atoms. The molecule has 0 aromatic rings. The number of aliphatic hydroxyl groups excluding tert-OH is 1. The highest BCUT2D eigenvalue weighted by Crippen LogP contribution is 2.43. The van der Waals surface area contributed by atoms with Crippen LogP contribution >= 0.6 is 7.82 Å². The van der Waals surface area contributed by atoms with Crippen molar-refractivity contribution in [2.45, 2.75) is 251 Å². The van der Waals surface area contributed by atoms with Crippen molar-refractivity contribution in [3.05, 3.63) is 72.9 Å². The average molecular weight is 1010 g/mol. The topological polar surface area (TPSA) is 155 Å². The van der Waals surface area contributed by atoms with Gasteiger partial charge in [0, 0.05) is 19.3 Å². The van der Waals surface area contributed by atoms with E-state index in [1.54, 1.807) is 0 Å². The number of ether oxygens (including phenoxy) is 3. The van der Waals surface area contributed by atoms with Crippen LogP contribution in [-0.4, -0.2) is 66.5 Å². The second kappa shape index (κ2) is 52.2. The third-order valence-electron chi connectivity index (χ3n) is 11.6. The zero-order valence-corrected chi connectivity index (χ0v) is 45.4. The van der Waals surface area contributed by atoms with E-state index in [9.17, 15) is 28.9 Å². The van der Waals surface area contributed by atoms with E-state index >= 15 is 0 Å². The van der Waals surface area contributed by atoms with Gasteiger partial charge >= 0.3 is 25.7 Å². The molecule has 0 aliphatic heterocycles. The summed E-state index contributed by atoms with van der Waals surface area (Å²) in [5.41, 5.74) is 0. The quantitative estimate of drug-likeness (QED) is 0.0197. The van der Waals surface area contributed by atoms with E-state index in [0.717, 1.165) is 103 Å². The summed E-state index contributed by atoms with van der Waals surface area (Å²) < 4.78 is 39.3. The van der Waals surface area contributed by atoms with E-state index in [2.05, 4.69) is 81.5 Å². The molecule has 0 aliphatic rings. The first kappa shape index (κ1) is 66.9. The lowest BCUT2D eigenvalue weighted by atomic mass is 10.1. The van der Waals surface area contributed by atoms with Crippen molar-refractivity contribution < 1.29 is 52.2 Å². The van der Waals surface area contributed by atoms with Gasteiger partial charge < -0.3 is 24.2 Å². The Balaban J connectivity index is 4.79. The minimum atomic E-state index is -4.76. The molecule has 0 heterocycles. The van der Waals surface area contributed by atoms with Gasteiger partial charge in [-0.25, -0.2) is 4.57 Å². The first-order valence-corrected chi connectivity index (χ1v) is 29.3. The Morgan fingerprint density at radius 3 is 1.20 bits per heavy atom. The van der Waals surface area contributed by atoms with Crippen molar-refractivity contribution in [2.75, 3.05) is 26.4 Å². The molecular formula is C58H101O11P. The molecular weight excluding hydrogens is 904 g/mol. The molecule has 0 aromatic carbocycles. The van der Waals surface area contributed by atoms with Crippen molar-refractivity contribution in [1.29, 1.82) is 0 Å². The van der Waals surface area contributed by atoms with E-state index in [4.69, 9.17) is 23.3 Å². The Hall–Kier alpha value is -3.08. The molecule has 3 atom stereocenters. The molecule has 11 nitrogen and oxygen atoms in total. The fourth-order valence-corrected chi connectivity index (χ4v) is 8.14. The summed E-state index contributed by atoms with van der Waals surface area (Å²) in [5, 5.41) is 9.80. The normalized spacial score (nSPS) is 14.0. The van der Waals surface area contributed by atoms with Crippen molar-refractivity contribution in [3.63, 3.8) is 0 Å². The van der Waals surface area contributed by atoms with Crippen LogP contribution in [0.4, 0.5) is 0 Å². The van der Waals surface area contributed by atoms with Crippen LogP contribution in [0.1, 0.15) is 239 Å². The maximum atomic E-state index is 12.9. The monoisotopic (exact) mass is 1000 g/mol. The number of unbranched alkanes of at least 4 members (excludes halogenated alkanes) is 22. The Kier molecular flexibility index (Phi) is 50.0. The number of allylic oxidation sites excluding steroid dienone is 12. The Morgan fingerprint density at radius 2 is 0.771 bits per heavy atom. The number of rotatable bonds is 51. The highest BCUT2D eigenvalue weighted by molar-refractivity contribution is 7.47. The largest absolute Gasteiger partial charge is 0.472 e. The van der Waals surface area contributed by atoms with Gasteiger partial charge in [0.2, 0.25) is 0 Å². The highest BCUT2D eigenvalue weighted by atomic mass is 31.2. The lowest BCUT2D eigenvalue weighted by Crippen LogP contribution is -2.30. The van der Waals surface area contributed by atoms with Crippen molar-refractivity contribution in [3.8, 4) is 0 Å². The van der Waals surface area contributed by atoms with Crippen molar-refractivity contribution >= 4 is 25.7 Å². The minimum absolute atomic E-state index is 0.102. The van der Waals surface area contributed by atoms with Gasteiger partial charge in [-0.2, -0.15) is 0 Å². The summed E-state index contributed by atoms with van der Waals surface area (Å²) in [5.74, 6) is -1.58. The lowest BCUT2D eigenvalue weighted by Gasteiger charge is -2.21. The summed E-state index contributed by atoms with van der Waals surface area (Å²) in [6.45, 7) is 4.42. The third kappa shape index (κ3) is 49.9. The predicted molar refractivity (Wildman–Crippen MR) is 288 cm³/mol. The number of hydrogen-bond donors (Lipinski definition) is 2. The SMILES string of the molecule is CC/C=C\C/C=C\C/C=C\C/C=C\CCC(=O)OCC(COP(=O)(O)OCC(CO)OC(=O)CCCCCCC/C=C\CCCCCCCC)OC(=O)CCCCCCC/C=C\CCCCCCCC. The van der Waals surface area contributed by atoms with Crippen LogP contribution in [0.5, 0.6) is 0 Å². The van der Waals surface area contributed by atoms with E-state index < -0.39 is 57.8 Å². The van der Waals surface area contributed by atoms with Gasteiger partial charge in [0.15, 0.2) is 6.10 Å². The number of carbonyl (C=O) groups excluding carboxylic acids is 3. The molecule has 0 amide bonds. The maximum absolute atomic E-state index is 12.9. The molecule has 2 N–H and O–H groups in total. The van der Waals surface area contributed by atoms with E-state index in [-0.39, 0.29) is 25.9 Å². The fraction of sp³-hybridized carbons (Fsp3) is 0.741. The Bertz CT molecular complexity index is 1450. The number of phosphoric ester groups is 1. The molecule has 0 spiro atoms. The van der Waals surface area contributed by atoms with Crippen LogP contribution < -0.4 is 0 Å². The summed E-state index contributed by atoms with van der Waals surface area (Å²) in [6, 6.07) is 0. The van der Waals surface area contributed by atoms with Crippen LogP contribution in [0.3, 0.4) is 0 Å². The summed E-state index contributed by atoms with van der Waals surface area (Å²) in [7, 11) is -4.76. The van der Waals surface area contributed by atoms with Crippen molar-refractivity contribution in [1.82, 2.24) is 0 Å². The zero-order valence-electron chi connectivity index (χ0n) is 44.5. The van der Waals surface area contributed by atoms with Gasteiger partial charge in [-0.05, 0) is 96.3 Å². The molecule has 0 aromatic heterocycles. The van der Waals surface area contributed by atoms with Gasteiger partial charge in [-0.15, -0.1) is 0 Å². The summed E-state index contributed by atoms with van der Waals surface area (Å²) in [6.07, 6.45) is 57.4. The first-order chi connectivity index (χ1) is 34.2. The number of esters is 3. The van der Waals surface area contributed by atoms with Gasteiger partial charge in [0.05, 0.1) is 19.8 Å². The smallest absolute Gasteiger partial charge is 0.462 e. The second-order valence-electron chi connectivity index (χ2n) is 18.4. The van der Waals surface area contributed by atoms with E-state index in [1.807, 2.05) is 12.2 Å². The number of phosphoric acid groups is 1. The first-order valence-electron chi connectivity index (χ1n) is 27.8. The second-order valence-corrected chi connectivity index (χ2v) is 19.8. The van der Waals surface area contributed by atoms with Gasteiger partial charge in [-0.1, -0.05) is 196 Å². The van der Waals surface area contributed by atoms with Crippen molar-refractivity contribution in [2.24, 2.45) is 0 Å². The Morgan fingerprint density at radius 1 is 0.414 bits per heavy atom. The van der Waals surface area contributed by atoms with E-state index in [0.29, 0.717) is 19.3 Å². The lowest BCUT2D eigenvalue weighted by molar-refractivity contribution is -0.161. The Labute approximate surface area is 427 Å². The minimum Gasteiger partial charge on any atom is -0.462 e. The molecule has 0 rings (SSSR count). The maximum Gasteiger partial charge on any atom is 0.472 e. The average Bonchev–Trinajstić information content (AvgIpc) is 3.35. The molecule has 0 radical (unpaired) electrons. The predicted octanol–water partition coefficient (Wildman–Crippen LogP) is 16.1. The molecule has 0 saturated carbocycles. The molecule has 0 fully saturated rings.